The Morgan fingerprint density at radius 2 is 1.53 bits per heavy atom. The number of aliphatic carboxylic acids is 1. The molecule has 196 valence electrons. The van der Waals surface area contributed by atoms with Crippen LogP contribution in [0.15, 0.2) is 48.5 Å². The summed E-state index contributed by atoms with van der Waals surface area (Å²) in [4.78, 5) is 33.3. The second-order valence-corrected chi connectivity index (χ2v) is 9.13. The van der Waals surface area contributed by atoms with Crippen molar-refractivity contribution in [3.05, 3.63) is 59.7 Å². The molecule has 3 rings (SSSR count). The fourth-order valence-corrected chi connectivity index (χ4v) is 3.61. The number of carbonyl (C=O) groups excluding carboxylic acids is 2. The smallest absolute Gasteiger partial charge is 0.408 e. The van der Waals surface area contributed by atoms with Gasteiger partial charge in [0, 0.05) is 25.6 Å². The molecule has 0 radical (unpaired) electrons. The van der Waals surface area contributed by atoms with Crippen molar-refractivity contribution in [1.29, 1.82) is 0 Å². The summed E-state index contributed by atoms with van der Waals surface area (Å²) in [6.07, 6.45) is -1.15. The van der Waals surface area contributed by atoms with Gasteiger partial charge in [0.05, 0.1) is 0 Å². The molecule has 1 aliphatic rings. The first kappa shape index (κ1) is 28.6. The maximum atomic E-state index is 11.7. The lowest BCUT2D eigenvalue weighted by Gasteiger charge is -2.21. The number of carboxylic acid groups (broad SMARTS) is 1. The molecule has 36 heavy (non-hydrogen) atoms. The van der Waals surface area contributed by atoms with Crippen LogP contribution in [0, 0.1) is 0 Å². The highest BCUT2D eigenvalue weighted by Crippen LogP contribution is 2.44. The molecule has 6 N–H and O–H groups in total. The Kier molecular flexibility index (Phi) is 10.7. The van der Waals surface area contributed by atoms with E-state index in [-0.39, 0.29) is 18.6 Å². The fourth-order valence-electron chi connectivity index (χ4n) is 3.61. The number of nitrogens with one attached hydrogen (secondary N) is 3. The van der Waals surface area contributed by atoms with Gasteiger partial charge in [-0.05, 0) is 50.1 Å². The van der Waals surface area contributed by atoms with E-state index in [2.05, 4.69) is 40.2 Å². The van der Waals surface area contributed by atoms with Crippen LogP contribution in [0.5, 0.6) is 0 Å². The van der Waals surface area contributed by atoms with Crippen LogP contribution in [0.25, 0.3) is 11.1 Å². The van der Waals surface area contributed by atoms with Crippen molar-refractivity contribution in [2.45, 2.75) is 38.3 Å². The molecule has 0 saturated carbocycles. The van der Waals surface area contributed by atoms with Crippen molar-refractivity contribution in [2.24, 2.45) is 5.73 Å². The second-order valence-electron chi connectivity index (χ2n) is 9.13. The maximum Gasteiger partial charge on any atom is 0.408 e. The minimum Gasteiger partial charge on any atom is -0.480 e. The fraction of sp³-hybridized carbons (Fsp3) is 0.423. The molecule has 10 heteroatoms. The average Bonchev–Trinajstić information content (AvgIpc) is 3.14. The monoisotopic (exact) mass is 500 g/mol. The highest BCUT2D eigenvalue weighted by Gasteiger charge is 2.29. The largest absolute Gasteiger partial charge is 0.480 e. The van der Waals surface area contributed by atoms with Crippen LogP contribution in [0.1, 0.15) is 37.8 Å². The Labute approximate surface area is 211 Å². The number of nitrogens with two attached hydrogens (primary N) is 1. The summed E-state index contributed by atoms with van der Waals surface area (Å²) < 4.78 is 10.3. The number of benzene rings is 2. The summed E-state index contributed by atoms with van der Waals surface area (Å²) in [5.74, 6) is -1.07. The number of rotatable bonds is 8. The average molecular weight is 501 g/mol. The molecule has 10 nitrogen and oxygen atoms in total. The van der Waals surface area contributed by atoms with Gasteiger partial charge >= 0.3 is 18.2 Å². The number of alkyl carbamates (subject to hydrolysis) is 2. The summed E-state index contributed by atoms with van der Waals surface area (Å²) >= 11 is 0. The topological polar surface area (TPSA) is 152 Å². The van der Waals surface area contributed by atoms with Gasteiger partial charge in [-0.1, -0.05) is 48.5 Å². The van der Waals surface area contributed by atoms with E-state index in [1.807, 2.05) is 31.3 Å². The zero-order valence-electron chi connectivity index (χ0n) is 21.2. The summed E-state index contributed by atoms with van der Waals surface area (Å²) in [6, 6.07) is 15.5. The first-order chi connectivity index (χ1) is 17.1. The molecule has 0 bridgehead atoms. The van der Waals surface area contributed by atoms with Gasteiger partial charge in [-0.15, -0.1) is 0 Å². The minimum absolute atomic E-state index is 0.113. The van der Waals surface area contributed by atoms with Crippen molar-refractivity contribution >= 4 is 18.2 Å². The van der Waals surface area contributed by atoms with Crippen LogP contribution >= 0.6 is 0 Å². The van der Waals surface area contributed by atoms with E-state index in [4.69, 9.17) is 20.3 Å². The molecule has 0 aromatic heterocycles. The molecule has 0 spiro atoms. The van der Waals surface area contributed by atoms with Gasteiger partial charge in [-0.25, -0.2) is 14.4 Å². The highest BCUT2D eigenvalue weighted by atomic mass is 16.6. The predicted molar refractivity (Wildman–Crippen MR) is 137 cm³/mol. The van der Waals surface area contributed by atoms with Crippen LogP contribution < -0.4 is 21.7 Å². The molecular formula is C26H36N4O6. The van der Waals surface area contributed by atoms with E-state index >= 15 is 0 Å². The summed E-state index contributed by atoms with van der Waals surface area (Å²) in [5.41, 5.74) is 9.42. The first-order valence-electron chi connectivity index (χ1n) is 11.7. The van der Waals surface area contributed by atoms with Crippen molar-refractivity contribution < 1.29 is 29.0 Å². The van der Waals surface area contributed by atoms with Crippen LogP contribution in [0.4, 0.5) is 9.59 Å². The normalized spacial score (nSPS) is 12.8. The number of ether oxygens (including phenoxy) is 2. The molecule has 2 aromatic rings. The molecule has 1 atom stereocenters. The molecule has 0 aliphatic heterocycles. The Hall–Kier alpha value is -3.63. The molecule has 0 unspecified atom stereocenters. The van der Waals surface area contributed by atoms with Gasteiger partial charge < -0.3 is 36.3 Å². The van der Waals surface area contributed by atoms with Gasteiger partial charge in [-0.3, -0.25) is 0 Å². The lowest BCUT2D eigenvalue weighted by Crippen LogP contribution is -2.47. The van der Waals surface area contributed by atoms with E-state index < -0.39 is 23.7 Å². The Balaban J connectivity index is 0.000000284. The maximum absolute atomic E-state index is 11.7. The van der Waals surface area contributed by atoms with Gasteiger partial charge in [0.15, 0.2) is 0 Å². The number of fused-ring (bicyclic) bond motifs is 3. The lowest BCUT2D eigenvalue weighted by molar-refractivity contribution is -0.139. The van der Waals surface area contributed by atoms with Gasteiger partial charge in [0.1, 0.15) is 18.2 Å². The third kappa shape index (κ3) is 8.54. The van der Waals surface area contributed by atoms with E-state index in [1.165, 1.54) is 22.3 Å². The number of amides is 2. The van der Waals surface area contributed by atoms with E-state index in [0.29, 0.717) is 13.2 Å². The predicted octanol–water partition coefficient (Wildman–Crippen LogP) is 2.67. The summed E-state index contributed by atoms with van der Waals surface area (Å²) in [5, 5.41) is 16.4. The zero-order valence-corrected chi connectivity index (χ0v) is 21.2. The van der Waals surface area contributed by atoms with Crippen molar-refractivity contribution in [1.82, 2.24) is 16.0 Å². The number of carboxylic acids is 1. The zero-order chi connectivity index (χ0) is 26.7. The third-order valence-electron chi connectivity index (χ3n) is 5.21. The van der Waals surface area contributed by atoms with Gasteiger partial charge in [0.2, 0.25) is 0 Å². The standard InChI is InChI=1S/C18H20N2O2.C8H16N2O4/c1-19-10-11-20-18(21)22-12-17-15-8-4-2-6-13(15)14-7-3-5-9-16(14)17;1-8(2,3)14-7(13)10-5(4-9)6(11)12/h2-9,17,19H,10-12H2,1H3,(H,20,21);5H,4,9H2,1-3H3,(H,10,13)(H,11,12)/t;5-/m.0/s1. The van der Waals surface area contributed by atoms with Crippen LogP contribution in [0.2, 0.25) is 0 Å². The van der Waals surface area contributed by atoms with Crippen LogP contribution in [0.3, 0.4) is 0 Å². The molecule has 1 aliphatic carbocycles. The summed E-state index contributed by atoms with van der Waals surface area (Å²) in [6.45, 7) is 6.53. The van der Waals surface area contributed by atoms with Gasteiger partial charge in [-0.2, -0.15) is 0 Å². The quantitative estimate of drug-likeness (QED) is 0.347. The van der Waals surface area contributed by atoms with Crippen LogP contribution in [-0.2, 0) is 14.3 Å². The second kappa shape index (κ2) is 13.5. The minimum atomic E-state index is -1.18. The Morgan fingerprint density at radius 1 is 0.972 bits per heavy atom. The number of hydrogen-bond acceptors (Lipinski definition) is 7. The Morgan fingerprint density at radius 3 is 2.00 bits per heavy atom. The van der Waals surface area contributed by atoms with Crippen molar-refractivity contribution in [3.63, 3.8) is 0 Å². The van der Waals surface area contributed by atoms with Crippen LogP contribution in [-0.4, -0.2) is 68.2 Å². The molecular weight excluding hydrogens is 464 g/mol. The lowest BCUT2D eigenvalue weighted by atomic mass is 9.98. The number of likely N-dealkylation sites (N-methyl/N-ethyl adjacent to an activating group) is 1. The number of hydrogen-bond donors (Lipinski definition) is 5. The van der Waals surface area contributed by atoms with E-state index in [9.17, 15) is 14.4 Å². The van der Waals surface area contributed by atoms with Gasteiger partial charge in [0.25, 0.3) is 0 Å². The molecule has 0 saturated heterocycles. The molecule has 2 amide bonds. The third-order valence-corrected chi connectivity index (χ3v) is 5.21. The van der Waals surface area contributed by atoms with E-state index in [1.54, 1.807) is 20.8 Å². The SMILES string of the molecule is CC(C)(C)OC(=O)N[C@@H](CN)C(=O)O.CNCCNC(=O)OCC1c2ccccc2-c2ccccc21. The number of carbonyl (C=O) groups is 3. The highest BCUT2D eigenvalue weighted by molar-refractivity contribution is 5.80. The van der Waals surface area contributed by atoms with E-state index in [0.717, 1.165) is 6.54 Å². The van der Waals surface area contributed by atoms with Crippen molar-refractivity contribution in [3.8, 4) is 11.1 Å². The molecule has 2 aromatic carbocycles. The first-order valence-corrected chi connectivity index (χ1v) is 11.7. The summed E-state index contributed by atoms with van der Waals surface area (Å²) in [7, 11) is 1.85. The molecule has 0 heterocycles. The van der Waals surface area contributed by atoms with Crippen molar-refractivity contribution in [2.75, 3.05) is 33.3 Å². The Bertz CT molecular complexity index is 992. The molecule has 0 fully saturated rings.